The van der Waals surface area contributed by atoms with E-state index in [0.717, 1.165) is 17.2 Å². The van der Waals surface area contributed by atoms with Crippen molar-refractivity contribution in [3.8, 4) is 17.2 Å². The average molecular weight is 534 g/mol. The zero-order valence-corrected chi connectivity index (χ0v) is 22.1. The number of hydrogen-bond acceptors (Lipinski definition) is 5. The normalized spacial score (nSPS) is 10.7. The van der Waals surface area contributed by atoms with E-state index < -0.39 is 23.1 Å². The molecule has 0 radical (unpaired) electrons. The lowest BCUT2D eigenvalue weighted by atomic mass is 10.1. The van der Waals surface area contributed by atoms with E-state index in [1.54, 1.807) is 50.4 Å². The van der Waals surface area contributed by atoms with Crippen LogP contribution >= 0.6 is 0 Å². The summed E-state index contributed by atoms with van der Waals surface area (Å²) < 4.78 is 41.2. The third kappa shape index (κ3) is 6.26. The van der Waals surface area contributed by atoms with E-state index in [1.165, 1.54) is 35.9 Å². The number of aryl methyl sites for hydroxylation is 2. The molecule has 39 heavy (non-hydrogen) atoms. The molecule has 0 atom stereocenters. The molecule has 0 aliphatic carbocycles. The van der Waals surface area contributed by atoms with Gasteiger partial charge < -0.3 is 20.1 Å². The number of carbonyl (C=O) groups excluding carboxylic acids is 1. The van der Waals surface area contributed by atoms with Crippen LogP contribution in [0.1, 0.15) is 34.0 Å². The molecule has 1 aromatic heterocycles. The van der Waals surface area contributed by atoms with Gasteiger partial charge in [-0.05, 0) is 60.4 Å². The summed E-state index contributed by atoms with van der Waals surface area (Å²) in [6, 6.07) is 17.0. The molecule has 7 nitrogen and oxygen atoms in total. The number of halogens is 2. The van der Waals surface area contributed by atoms with Gasteiger partial charge in [-0.1, -0.05) is 31.2 Å². The summed E-state index contributed by atoms with van der Waals surface area (Å²) in [5, 5.41) is 5.73. The van der Waals surface area contributed by atoms with Crippen LogP contribution in [0, 0.1) is 18.6 Å². The average Bonchev–Trinajstić information content (AvgIpc) is 2.93. The van der Waals surface area contributed by atoms with E-state index >= 15 is 0 Å². The Morgan fingerprint density at radius 3 is 2.33 bits per heavy atom. The van der Waals surface area contributed by atoms with Crippen molar-refractivity contribution in [2.24, 2.45) is 7.05 Å². The molecular weight excluding hydrogens is 504 g/mol. The Labute approximate surface area is 225 Å². The molecule has 0 unspecified atom stereocenters. The van der Waals surface area contributed by atoms with Gasteiger partial charge >= 0.3 is 0 Å². The second kappa shape index (κ2) is 11.8. The molecule has 0 spiro atoms. The molecule has 0 aliphatic heterocycles. The number of aromatic nitrogens is 1. The monoisotopic (exact) mass is 533 g/mol. The molecule has 4 rings (SSSR count). The quantitative estimate of drug-likeness (QED) is 0.276. The number of amides is 1. The van der Waals surface area contributed by atoms with Gasteiger partial charge in [0, 0.05) is 25.7 Å². The minimum absolute atomic E-state index is 0.0157. The van der Waals surface area contributed by atoms with Gasteiger partial charge in [0.05, 0.1) is 12.8 Å². The number of ether oxygens (including phenoxy) is 2. The van der Waals surface area contributed by atoms with Crippen molar-refractivity contribution in [2.75, 3.05) is 12.4 Å². The van der Waals surface area contributed by atoms with Crippen LogP contribution in [0.25, 0.3) is 0 Å². The summed E-state index contributed by atoms with van der Waals surface area (Å²) in [6.07, 6.45) is 0.644. The predicted molar refractivity (Wildman–Crippen MR) is 146 cm³/mol. The number of pyridine rings is 1. The second-order valence-corrected chi connectivity index (χ2v) is 8.96. The summed E-state index contributed by atoms with van der Waals surface area (Å²) >= 11 is 0. The predicted octanol–water partition coefficient (Wildman–Crippen LogP) is 6.01. The van der Waals surface area contributed by atoms with E-state index in [1.807, 2.05) is 6.92 Å². The lowest BCUT2D eigenvalue weighted by molar-refractivity contribution is 0.0948. The van der Waals surface area contributed by atoms with Crippen molar-refractivity contribution in [2.45, 2.75) is 26.8 Å². The lowest BCUT2D eigenvalue weighted by Gasteiger charge is -2.20. The molecule has 3 aromatic carbocycles. The van der Waals surface area contributed by atoms with Crippen LogP contribution in [-0.2, 0) is 20.0 Å². The Bertz CT molecular complexity index is 1570. The molecular formula is C30H29F2N3O4. The second-order valence-electron chi connectivity index (χ2n) is 8.96. The number of nitrogens with one attached hydrogen (secondary N) is 2. The van der Waals surface area contributed by atoms with Crippen molar-refractivity contribution < 1.29 is 23.0 Å². The maximum atomic E-state index is 14.9. The molecule has 0 fully saturated rings. The first-order valence-corrected chi connectivity index (χ1v) is 12.3. The lowest BCUT2D eigenvalue weighted by Crippen LogP contribution is -2.29. The van der Waals surface area contributed by atoms with Crippen LogP contribution in [0.15, 0.2) is 71.5 Å². The minimum Gasteiger partial charge on any atom is -0.497 e. The summed E-state index contributed by atoms with van der Waals surface area (Å²) in [6.45, 7) is 3.78. The van der Waals surface area contributed by atoms with Crippen LogP contribution in [0.3, 0.4) is 0 Å². The number of hydrogen-bond donors (Lipinski definition) is 2. The fraction of sp³-hybridized carbons (Fsp3) is 0.200. The number of anilines is 2. The van der Waals surface area contributed by atoms with Crippen LogP contribution < -0.4 is 25.7 Å². The third-order valence-corrected chi connectivity index (χ3v) is 6.31. The highest BCUT2D eigenvalue weighted by atomic mass is 19.1. The van der Waals surface area contributed by atoms with Gasteiger partial charge in [0.25, 0.3) is 11.5 Å². The summed E-state index contributed by atoms with van der Waals surface area (Å²) in [7, 11) is 3.02. The number of carbonyl (C=O) groups is 1. The Hall–Kier alpha value is -4.66. The molecule has 4 aromatic rings. The first-order chi connectivity index (χ1) is 18.7. The first-order valence-electron chi connectivity index (χ1n) is 12.3. The Kier molecular flexibility index (Phi) is 8.29. The zero-order chi connectivity index (χ0) is 28.1. The van der Waals surface area contributed by atoms with E-state index in [-0.39, 0.29) is 35.1 Å². The molecule has 2 N–H and O–H groups in total. The zero-order valence-electron chi connectivity index (χ0n) is 22.1. The Morgan fingerprint density at radius 2 is 1.67 bits per heavy atom. The number of rotatable bonds is 9. The van der Waals surface area contributed by atoms with Gasteiger partial charge in [0.1, 0.15) is 40.3 Å². The SMILES string of the molecule is CCc1ccc(Nc2c(C(=O)NCc3ccc(OC)cc3)c(Oc3cc(F)ccc3C)cc(=O)n2C)c(F)c1. The highest BCUT2D eigenvalue weighted by molar-refractivity contribution is 6.02. The topological polar surface area (TPSA) is 81.6 Å². The van der Waals surface area contributed by atoms with Gasteiger partial charge in [0.2, 0.25) is 0 Å². The maximum Gasteiger partial charge on any atom is 0.259 e. The standard InChI is InChI=1S/C30H29F2N3O4/c1-5-19-9-13-24(23(32)14-19)34-29-28(30(37)33-17-20-7-11-22(38-4)12-8-20)26(16-27(36)35(29)3)39-25-15-21(31)10-6-18(25)2/h6-16,34H,5,17H2,1-4H3,(H,33,37). The molecule has 202 valence electrons. The highest BCUT2D eigenvalue weighted by Gasteiger charge is 2.24. The molecule has 0 bridgehead atoms. The molecule has 0 aliphatic rings. The van der Waals surface area contributed by atoms with Gasteiger partial charge in [-0.2, -0.15) is 0 Å². The highest BCUT2D eigenvalue weighted by Crippen LogP contribution is 2.33. The number of benzene rings is 3. The Morgan fingerprint density at radius 1 is 0.949 bits per heavy atom. The summed E-state index contributed by atoms with van der Waals surface area (Å²) in [5.74, 6) is -0.948. The van der Waals surface area contributed by atoms with Gasteiger partial charge in [0.15, 0.2) is 0 Å². The largest absolute Gasteiger partial charge is 0.497 e. The van der Waals surface area contributed by atoms with Gasteiger partial charge in [-0.15, -0.1) is 0 Å². The van der Waals surface area contributed by atoms with Crippen molar-refractivity contribution in [1.29, 1.82) is 0 Å². The molecule has 0 saturated heterocycles. The van der Waals surface area contributed by atoms with Gasteiger partial charge in [-0.3, -0.25) is 14.2 Å². The smallest absolute Gasteiger partial charge is 0.259 e. The van der Waals surface area contributed by atoms with Crippen LogP contribution in [0.2, 0.25) is 0 Å². The summed E-state index contributed by atoms with van der Waals surface area (Å²) in [4.78, 5) is 26.5. The summed E-state index contributed by atoms with van der Waals surface area (Å²) in [5.41, 5.74) is 1.70. The van der Waals surface area contributed by atoms with Crippen molar-refractivity contribution in [3.05, 3.63) is 111 Å². The van der Waals surface area contributed by atoms with E-state index in [4.69, 9.17) is 9.47 Å². The van der Waals surface area contributed by atoms with Crippen molar-refractivity contribution in [3.63, 3.8) is 0 Å². The van der Waals surface area contributed by atoms with E-state index in [0.29, 0.717) is 17.7 Å². The minimum atomic E-state index is -0.585. The van der Waals surface area contributed by atoms with E-state index in [2.05, 4.69) is 10.6 Å². The van der Waals surface area contributed by atoms with E-state index in [9.17, 15) is 18.4 Å². The first kappa shape index (κ1) is 27.4. The number of methoxy groups -OCH3 is 1. The molecule has 9 heteroatoms. The van der Waals surface area contributed by atoms with Crippen LogP contribution in [-0.4, -0.2) is 17.6 Å². The fourth-order valence-electron chi connectivity index (χ4n) is 3.95. The molecule has 1 heterocycles. The van der Waals surface area contributed by atoms with Crippen LogP contribution in [0.5, 0.6) is 17.2 Å². The maximum absolute atomic E-state index is 14.9. The van der Waals surface area contributed by atoms with Gasteiger partial charge in [-0.25, -0.2) is 8.78 Å². The molecule has 0 saturated carbocycles. The van der Waals surface area contributed by atoms with Crippen molar-refractivity contribution in [1.82, 2.24) is 9.88 Å². The van der Waals surface area contributed by atoms with Crippen LogP contribution in [0.4, 0.5) is 20.3 Å². The molecule has 1 amide bonds. The third-order valence-electron chi connectivity index (χ3n) is 6.31. The van der Waals surface area contributed by atoms with Crippen molar-refractivity contribution >= 4 is 17.4 Å². The number of nitrogens with zero attached hydrogens (tertiary/aromatic N) is 1. The Balaban J connectivity index is 1.78. The fourth-order valence-corrected chi connectivity index (χ4v) is 3.95.